The highest BCUT2D eigenvalue weighted by atomic mass is 32.1. The fraction of sp³-hybridized carbons (Fsp3) is 0.400. The molecule has 0 atom stereocenters. The van der Waals surface area contributed by atoms with Crippen LogP contribution in [-0.2, 0) is 11.8 Å². The second-order valence-corrected chi connectivity index (χ2v) is 6.85. The summed E-state index contributed by atoms with van der Waals surface area (Å²) >= 11 is 1.61. The molecular formula is C15H20N2S. The molecule has 0 unspecified atom stereocenters. The fourth-order valence-corrected chi connectivity index (χ4v) is 3.04. The van der Waals surface area contributed by atoms with Crippen LogP contribution in [0.1, 0.15) is 42.5 Å². The van der Waals surface area contributed by atoms with E-state index in [9.17, 15) is 0 Å². The molecule has 0 amide bonds. The van der Waals surface area contributed by atoms with E-state index < -0.39 is 0 Å². The molecule has 0 aliphatic heterocycles. The van der Waals surface area contributed by atoms with E-state index in [1.807, 2.05) is 0 Å². The number of anilines is 1. The van der Waals surface area contributed by atoms with Gasteiger partial charge in [0, 0.05) is 16.7 Å². The van der Waals surface area contributed by atoms with Gasteiger partial charge in [-0.15, -0.1) is 11.3 Å². The monoisotopic (exact) mass is 260 g/mol. The smallest absolute Gasteiger partial charge is 0.180 e. The molecule has 1 aromatic heterocycles. The Balaban J connectivity index is 2.31. The van der Waals surface area contributed by atoms with Gasteiger partial charge in [0.05, 0.1) is 5.69 Å². The highest BCUT2D eigenvalue weighted by Gasteiger charge is 2.22. The quantitative estimate of drug-likeness (QED) is 0.888. The summed E-state index contributed by atoms with van der Waals surface area (Å²) in [7, 11) is 0. The maximum atomic E-state index is 5.86. The van der Waals surface area contributed by atoms with Crippen molar-refractivity contribution in [2.45, 2.75) is 39.5 Å². The number of nitrogens with zero attached hydrogens (tertiary/aromatic N) is 1. The first-order valence-electron chi connectivity index (χ1n) is 6.17. The minimum atomic E-state index is 0.0498. The molecule has 96 valence electrons. The summed E-state index contributed by atoms with van der Waals surface area (Å²) in [4.78, 5) is 5.77. The molecule has 0 bridgehead atoms. The Morgan fingerprint density at radius 2 is 1.78 bits per heavy atom. The summed E-state index contributed by atoms with van der Waals surface area (Å²) in [6.07, 6.45) is 0.918. The molecule has 1 heterocycles. The molecule has 0 aliphatic carbocycles. The number of nitrogens with two attached hydrogens (primary N) is 1. The van der Waals surface area contributed by atoms with Crippen molar-refractivity contribution in [3.05, 3.63) is 46.0 Å². The molecule has 3 heteroatoms. The van der Waals surface area contributed by atoms with Crippen LogP contribution < -0.4 is 5.73 Å². The van der Waals surface area contributed by atoms with Crippen molar-refractivity contribution in [2.75, 3.05) is 5.73 Å². The molecule has 1 aromatic carbocycles. The van der Waals surface area contributed by atoms with Gasteiger partial charge in [0.25, 0.3) is 0 Å². The first-order chi connectivity index (χ1) is 8.36. The summed E-state index contributed by atoms with van der Waals surface area (Å²) < 4.78 is 0. The molecule has 2 N–H and O–H groups in total. The van der Waals surface area contributed by atoms with Crippen molar-refractivity contribution in [3.63, 3.8) is 0 Å². The number of aromatic nitrogens is 1. The third-order valence-electron chi connectivity index (χ3n) is 2.91. The number of nitrogen functional groups attached to an aromatic ring is 1. The lowest BCUT2D eigenvalue weighted by Gasteiger charge is -2.17. The largest absolute Gasteiger partial charge is 0.375 e. The topological polar surface area (TPSA) is 38.9 Å². The SMILES string of the molecule is Cc1ccc(Cc2sc(N)nc2C(C)(C)C)cc1. The van der Waals surface area contributed by atoms with Crippen LogP contribution in [0.15, 0.2) is 24.3 Å². The Morgan fingerprint density at radius 1 is 1.17 bits per heavy atom. The maximum Gasteiger partial charge on any atom is 0.180 e. The van der Waals surface area contributed by atoms with Gasteiger partial charge < -0.3 is 5.73 Å². The number of benzene rings is 1. The zero-order chi connectivity index (χ0) is 13.3. The van der Waals surface area contributed by atoms with Crippen molar-refractivity contribution in [1.82, 2.24) is 4.98 Å². The Labute approximate surface area is 113 Å². The van der Waals surface area contributed by atoms with Crippen LogP contribution >= 0.6 is 11.3 Å². The molecule has 2 rings (SSSR count). The highest BCUT2D eigenvalue weighted by molar-refractivity contribution is 7.15. The van der Waals surface area contributed by atoms with Gasteiger partial charge >= 0.3 is 0 Å². The minimum Gasteiger partial charge on any atom is -0.375 e. The zero-order valence-electron chi connectivity index (χ0n) is 11.4. The molecule has 0 fully saturated rings. The third-order valence-corrected chi connectivity index (χ3v) is 3.79. The molecule has 0 aliphatic rings. The molecular weight excluding hydrogens is 240 g/mol. The summed E-state index contributed by atoms with van der Waals surface area (Å²) in [5, 5.41) is 0.669. The van der Waals surface area contributed by atoms with E-state index in [1.54, 1.807) is 11.3 Å². The lowest BCUT2D eigenvalue weighted by Crippen LogP contribution is -2.14. The van der Waals surface area contributed by atoms with Crippen LogP contribution in [-0.4, -0.2) is 4.98 Å². The minimum absolute atomic E-state index is 0.0498. The molecule has 0 saturated heterocycles. The second-order valence-electron chi connectivity index (χ2n) is 5.74. The van der Waals surface area contributed by atoms with E-state index >= 15 is 0 Å². The van der Waals surface area contributed by atoms with E-state index in [4.69, 9.17) is 5.73 Å². The van der Waals surface area contributed by atoms with Gasteiger partial charge in [-0.25, -0.2) is 4.98 Å². The fourth-order valence-electron chi connectivity index (χ4n) is 1.97. The van der Waals surface area contributed by atoms with E-state index in [0.717, 1.165) is 12.1 Å². The van der Waals surface area contributed by atoms with E-state index in [0.29, 0.717) is 5.13 Å². The van der Waals surface area contributed by atoms with Crippen LogP contribution in [0, 0.1) is 6.92 Å². The average molecular weight is 260 g/mol. The molecule has 2 aromatic rings. The number of hydrogen-bond donors (Lipinski definition) is 1. The van der Waals surface area contributed by atoms with Crippen LogP contribution in [0.2, 0.25) is 0 Å². The van der Waals surface area contributed by atoms with Crippen molar-refractivity contribution in [2.24, 2.45) is 0 Å². The predicted octanol–water partition coefficient (Wildman–Crippen LogP) is 3.92. The van der Waals surface area contributed by atoms with E-state index in [2.05, 4.69) is 56.9 Å². The highest BCUT2D eigenvalue weighted by Crippen LogP contribution is 2.32. The Kier molecular flexibility index (Phi) is 3.44. The van der Waals surface area contributed by atoms with Crippen LogP contribution in [0.4, 0.5) is 5.13 Å². The second kappa shape index (κ2) is 4.73. The molecule has 2 nitrogen and oxygen atoms in total. The maximum absolute atomic E-state index is 5.86. The van der Waals surface area contributed by atoms with Gasteiger partial charge in [-0.05, 0) is 12.5 Å². The first kappa shape index (κ1) is 13.1. The average Bonchev–Trinajstić information content (AvgIpc) is 2.63. The number of aryl methyl sites for hydroxylation is 1. The normalized spacial score (nSPS) is 11.8. The van der Waals surface area contributed by atoms with Gasteiger partial charge in [-0.3, -0.25) is 0 Å². The summed E-state index contributed by atoms with van der Waals surface area (Å²) in [5.41, 5.74) is 9.65. The Hall–Kier alpha value is -1.35. The van der Waals surface area contributed by atoms with E-state index in [-0.39, 0.29) is 5.41 Å². The van der Waals surface area contributed by atoms with E-state index in [1.165, 1.54) is 16.0 Å². The number of hydrogen-bond acceptors (Lipinski definition) is 3. The number of rotatable bonds is 2. The third kappa shape index (κ3) is 2.91. The zero-order valence-corrected chi connectivity index (χ0v) is 12.3. The van der Waals surface area contributed by atoms with Crippen LogP contribution in [0.5, 0.6) is 0 Å². The summed E-state index contributed by atoms with van der Waals surface area (Å²) in [6.45, 7) is 8.65. The Morgan fingerprint density at radius 3 is 2.33 bits per heavy atom. The summed E-state index contributed by atoms with van der Waals surface area (Å²) in [6, 6.07) is 8.66. The lowest BCUT2D eigenvalue weighted by molar-refractivity contribution is 0.568. The molecule has 0 radical (unpaired) electrons. The van der Waals surface area contributed by atoms with Crippen LogP contribution in [0.3, 0.4) is 0 Å². The van der Waals surface area contributed by atoms with Crippen molar-refractivity contribution in [3.8, 4) is 0 Å². The van der Waals surface area contributed by atoms with Crippen molar-refractivity contribution < 1.29 is 0 Å². The lowest BCUT2D eigenvalue weighted by atomic mass is 9.90. The molecule has 18 heavy (non-hydrogen) atoms. The molecule has 0 spiro atoms. The summed E-state index contributed by atoms with van der Waals surface area (Å²) in [5.74, 6) is 0. The number of thiazole rings is 1. The van der Waals surface area contributed by atoms with Gasteiger partial charge in [-0.1, -0.05) is 50.6 Å². The van der Waals surface area contributed by atoms with Gasteiger partial charge in [0.2, 0.25) is 0 Å². The van der Waals surface area contributed by atoms with Crippen LogP contribution in [0.25, 0.3) is 0 Å². The van der Waals surface area contributed by atoms with Crippen molar-refractivity contribution >= 4 is 16.5 Å². The van der Waals surface area contributed by atoms with Crippen molar-refractivity contribution in [1.29, 1.82) is 0 Å². The van der Waals surface area contributed by atoms with Gasteiger partial charge in [0.1, 0.15) is 0 Å². The van der Waals surface area contributed by atoms with Gasteiger partial charge in [0.15, 0.2) is 5.13 Å². The first-order valence-corrected chi connectivity index (χ1v) is 6.99. The Bertz CT molecular complexity index is 533. The predicted molar refractivity (Wildman–Crippen MR) is 79.2 cm³/mol. The standard InChI is InChI=1S/C15H20N2S/c1-10-5-7-11(8-6-10)9-12-13(15(2,3)4)17-14(16)18-12/h5-8H,9H2,1-4H3,(H2,16,17). The van der Waals surface area contributed by atoms with Gasteiger partial charge in [-0.2, -0.15) is 0 Å². The molecule has 0 saturated carbocycles.